The Morgan fingerprint density at radius 3 is 2.07 bits per heavy atom. The largest absolute Gasteiger partial charge is 0.454 e. The van der Waals surface area contributed by atoms with Crippen LogP contribution in [0.4, 0.5) is 17.1 Å². The molecular formula is C49H33BN3O. The van der Waals surface area contributed by atoms with Gasteiger partial charge in [-0.15, -0.1) is 0 Å². The smallest absolute Gasteiger partial charge is 0.197 e. The predicted molar refractivity (Wildman–Crippen MR) is 225 cm³/mol. The number of rotatable bonds is 4. The molecule has 7 aromatic carbocycles. The summed E-state index contributed by atoms with van der Waals surface area (Å²) >= 11 is 0. The standard InChI is InChI=1S/C49H33BN3O/c1-49(2)38-24-11-9-19-33(38)45-42(49)35-22-13-21-32(44(35)51-45)37-27-31(52(29-15-5-3-6-16-29)30-17-7-4-8-18-30)28-40-43(37)50-39-25-14-23-36-46(39)53(40)47-34-20-10-12-26-41(34)54-48(36)47/h3-28,51H,1-2H3. The van der Waals surface area contributed by atoms with Crippen LogP contribution in [0.2, 0.25) is 0 Å². The molecular weight excluding hydrogens is 657 g/mol. The maximum atomic E-state index is 6.67. The van der Waals surface area contributed by atoms with Gasteiger partial charge < -0.3 is 18.9 Å². The van der Waals surface area contributed by atoms with Gasteiger partial charge in [-0.3, -0.25) is 0 Å². The molecule has 0 unspecified atom stereocenters. The van der Waals surface area contributed by atoms with Crippen molar-refractivity contribution in [2.24, 2.45) is 0 Å². The second kappa shape index (κ2) is 10.7. The molecule has 0 saturated heterocycles. The Morgan fingerprint density at radius 1 is 0.593 bits per heavy atom. The zero-order valence-corrected chi connectivity index (χ0v) is 29.9. The highest BCUT2D eigenvalue weighted by atomic mass is 16.3. The van der Waals surface area contributed by atoms with Gasteiger partial charge in [0.05, 0.1) is 16.7 Å². The van der Waals surface area contributed by atoms with E-state index in [1.165, 1.54) is 60.9 Å². The first kappa shape index (κ1) is 29.8. The number of anilines is 3. The van der Waals surface area contributed by atoms with Crippen LogP contribution in [0.25, 0.3) is 71.9 Å². The second-order valence-electron chi connectivity index (χ2n) is 15.2. The Labute approximate surface area is 313 Å². The van der Waals surface area contributed by atoms with Crippen LogP contribution in [0.3, 0.4) is 0 Å². The lowest BCUT2D eigenvalue weighted by Crippen LogP contribution is -2.37. The van der Waals surface area contributed by atoms with Gasteiger partial charge in [-0.2, -0.15) is 0 Å². The highest BCUT2D eigenvalue weighted by Gasteiger charge is 2.39. The summed E-state index contributed by atoms with van der Waals surface area (Å²) < 4.78 is 9.14. The first-order valence-electron chi connectivity index (χ1n) is 18.7. The molecule has 54 heavy (non-hydrogen) atoms. The van der Waals surface area contributed by atoms with Gasteiger partial charge >= 0.3 is 0 Å². The van der Waals surface area contributed by atoms with Crippen LogP contribution in [0.15, 0.2) is 162 Å². The van der Waals surface area contributed by atoms with Crippen molar-refractivity contribution < 1.29 is 4.42 Å². The van der Waals surface area contributed by atoms with Crippen LogP contribution in [0, 0.1) is 0 Å². The van der Waals surface area contributed by atoms with Gasteiger partial charge in [0, 0.05) is 55.5 Å². The van der Waals surface area contributed by atoms with Crippen molar-refractivity contribution >= 4 is 79.1 Å². The number of hydrogen-bond acceptors (Lipinski definition) is 2. The normalized spacial score (nSPS) is 13.7. The maximum Gasteiger partial charge on any atom is 0.197 e. The molecule has 3 aromatic heterocycles. The molecule has 0 fully saturated rings. The summed E-state index contributed by atoms with van der Waals surface area (Å²) in [5.41, 5.74) is 19.5. The van der Waals surface area contributed by atoms with Gasteiger partial charge in [0.25, 0.3) is 0 Å². The number of nitrogens with one attached hydrogen (secondary N) is 1. The van der Waals surface area contributed by atoms with Crippen LogP contribution >= 0.6 is 0 Å². The highest BCUT2D eigenvalue weighted by molar-refractivity contribution is 6.73. The molecule has 2 aliphatic rings. The van der Waals surface area contributed by atoms with Crippen molar-refractivity contribution in [3.05, 3.63) is 169 Å². The zero-order chi connectivity index (χ0) is 35.7. The average molecular weight is 691 g/mol. The van der Waals surface area contributed by atoms with Crippen molar-refractivity contribution in [1.82, 2.24) is 9.55 Å². The molecule has 4 heterocycles. The van der Waals surface area contributed by atoms with Gasteiger partial charge in [0.15, 0.2) is 12.9 Å². The molecule has 0 spiro atoms. The Morgan fingerprint density at radius 2 is 1.26 bits per heavy atom. The van der Waals surface area contributed by atoms with E-state index in [2.05, 4.69) is 193 Å². The number of aromatic nitrogens is 2. The molecule has 0 amide bonds. The number of H-pyrrole nitrogens is 1. The quantitative estimate of drug-likeness (QED) is 0.187. The topological polar surface area (TPSA) is 37.1 Å². The van der Waals surface area contributed by atoms with Crippen molar-refractivity contribution in [3.8, 4) is 28.1 Å². The fourth-order valence-corrected chi connectivity index (χ4v) is 9.64. The van der Waals surface area contributed by atoms with Crippen molar-refractivity contribution in [2.45, 2.75) is 19.3 Å². The number of benzene rings is 7. The summed E-state index contributed by atoms with van der Waals surface area (Å²) in [4.78, 5) is 6.39. The van der Waals surface area contributed by atoms with Gasteiger partial charge in [0.2, 0.25) is 0 Å². The Bertz CT molecular complexity index is 3130. The molecule has 0 bridgehead atoms. The number of aromatic amines is 1. The summed E-state index contributed by atoms with van der Waals surface area (Å²) in [6, 6.07) is 56.9. The van der Waals surface area contributed by atoms with Gasteiger partial charge in [-0.05, 0) is 76.8 Å². The molecule has 10 aromatic rings. The third kappa shape index (κ3) is 3.88. The summed E-state index contributed by atoms with van der Waals surface area (Å²) in [5.74, 6) is 0. The predicted octanol–water partition coefficient (Wildman–Crippen LogP) is 11.4. The molecule has 4 nitrogen and oxygen atoms in total. The van der Waals surface area contributed by atoms with E-state index in [1.54, 1.807) is 0 Å². The van der Waals surface area contributed by atoms with Crippen molar-refractivity contribution in [3.63, 3.8) is 0 Å². The number of nitrogens with zero attached hydrogens (tertiary/aromatic N) is 2. The third-order valence-electron chi connectivity index (χ3n) is 11.9. The minimum Gasteiger partial charge on any atom is -0.454 e. The highest BCUT2D eigenvalue weighted by Crippen LogP contribution is 2.52. The van der Waals surface area contributed by atoms with Crippen LogP contribution in [-0.2, 0) is 5.41 Å². The van der Waals surface area contributed by atoms with E-state index < -0.39 is 0 Å². The lowest BCUT2D eigenvalue weighted by molar-refractivity contribution is 0.666. The Kier molecular flexibility index (Phi) is 5.90. The van der Waals surface area contributed by atoms with Gasteiger partial charge in [-0.25, -0.2) is 0 Å². The van der Waals surface area contributed by atoms with Crippen molar-refractivity contribution in [1.29, 1.82) is 0 Å². The summed E-state index contributed by atoms with van der Waals surface area (Å²) in [7, 11) is 2.39. The Hall–Kier alpha value is -6.72. The zero-order valence-electron chi connectivity index (χ0n) is 29.9. The Balaban J connectivity index is 1.22. The molecule has 1 N–H and O–H groups in total. The lowest BCUT2D eigenvalue weighted by atomic mass is 9.59. The van der Waals surface area contributed by atoms with E-state index in [0.717, 1.165) is 50.2 Å². The van der Waals surface area contributed by atoms with Crippen LogP contribution in [0.5, 0.6) is 0 Å². The molecule has 0 saturated carbocycles. The lowest BCUT2D eigenvalue weighted by Gasteiger charge is -2.30. The summed E-state index contributed by atoms with van der Waals surface area (Å²) in [6.07, 6.45) is 0. The monoisotopic (exact) mass is 690 g/mol. The molecule has 1 aliphatic carbocycles. The molecule has 253 valence electrons. The van der Waals surface area contributed by atoms with Crippen LogP contribution < -0.4 is 15.8 Å². The van der Waals surface area contributed by atoms with E-state index in [0.29, 0.717) is 0 Å². The number of furan rings is 1. The van der Waals surface area contributed by atoms with E-state index in [1.807, 2.05) is 0 Å². The van der Waals surface area contributed by atoms with Gasteiger partial charge in [0.1, 0.15) is 11.1 Å². The second-order valence-corrected chi connectivity index (χ2v) is 15.2. The first-order chi connectivity index (χ1) is 26.6. The van der Waals surface area contributed by atoms with Crippen LogP contribution in [0.1, 0.15) is 25.0 Å². The summed E-state index contributed by atoms with van der Waals surface area (Å²) in [6.45, 7) is 4.72. The summed E-state index contributed by atoms with van der Waals surface area (Å²) in [5, 5.41) is 3.51. The molecule has 5 heteroatoms. The van der Waals surface area contributed by atoms with Crippen molar-refractivity contribution in [2.75, 3.05) is 4.90 Å². The van der Waals surface area contributed by atoms with Crippen LogP contribution in [-0.4, -0.2) is 16.8 Å². The first-order valence-corrected chi connectivity index (χ1v) is 18.7. The van der Waals surface area contributed by atoms with Gasteiger partial charge in [-0.1, -0.05) is 122 Å². The van der Waals surface area contributed by atoms with E-state index >= 15 is 0 Å². The third-order valence-corrected chi connectivity index (χ3v) is 11.9. The average Bonchev–Trinajstić information content (AvgIpc) is 3.94. The maximum absolute atomic E-state index is 6.67. The molecule has 12 rings (SSSR count). The van der Waals surface area contributed by atoms with E-state index in [9.17, 15) is 0 Å². The molecule has 0 atom stereocenters. The number of hydrogen-bond donors (Lipinski definition) is 1. The minimum absolute atomic E-state index is 0.128. The molecule has 1 aliphatic heterocycles. The fraction of sp³-hybridized carbons (Fsp3) is 0.0612. The SMILES string of the molecule is CC1(C)c2ccccc2-c2[nH]c3c(-c4cc(N(c5ccccc5)c5ccccc5)cc5c4[B]c4cccc6c7oc8ccccc8c7n-5c46)cccc3c21. The van der Waals surface area contributed by atoms with E-state index in [4.69, 9.17) is 4.42 Å². The fourth-order valence-electron chi connectivity index (χ4n) is 9.64. The number of fused-ring (bicyclic) bond motifs is 12. The minimum atomic E-state index is -0.128. The molecule has 1 radical (unpaired) electrons. The number of para-hydroxylation sites is 5. The van der Waals surface area contributed by atoms with E-state index in [-0.39, 0.29) is 5.41 Å².